The second-order valence-corrected chi connectivity index (χ2v) is 4.13. The molecule has 0 bridgehead atoms. The first-order chi connectivity index (χ1) is 8.09. The summed E-state index contributed by atoms with van der Waals surface area (Å²) in [5.41, 5.74) is 0. The van der Waals surface area contributed by atoms with E-state index in [9.17, 15) is 14.4 Å². The predicted molar refractivity (Wildman–Crippen MR) is 54.0 cm³/mol. The summed E-state index contributed by atoms with van der Waals surface area (Å²) in [7, 11) is 0. The van der Waals surface area contributed by atoms with Gasteiger partial charge in [0.25, 0.3) is 0 Å². The highest BCUT2D eigenvalue weighted by atomic mass is 16.5. The summed E-state index contributed by atoms with van der Waals surface area (Å²) in [6.45, 7) is 1.64. The molecule has 1 saturated heterocycles. The third kappa shape index (κ3) is 1.35. The van der Waals surface area contributed by atoms with Crippen LogP contribution in [0.5, 0.6) is 0 Å². The Hall–Kier alpha value is -2.18. The van der Waals surface area contributed by atoms with Crippen LogP contribution < -0.4 is 4.90 Å². The van der Waals surface area contributed by atoms with Gasteiger partial charge in [0.05, 0.1) is 0 Å². The molecule has 1 aliphatic heterocycles. The third-order valence-corrected chi connectivity index (χ3v) is 2.76. The molecule has 7 heteroatoms. The minimum atomic E-state index is -0.866. The van der Waals surface area contributed by atoms with Gasteiger partial charge in [-0.1, -0.05) is 5.16 Å². The predicted octanol–water partition coefficient (Wildman–Crippen LogP) is 0.441. The van der Waals surface area contributed by atoms with Crippen LogP contribution in [-0.4, -0.2) is 33.9 Å². The Morgan fingerprint density at radius 2 is 2.00 bits per heavy atom. The number of nitrogens with zero attached hydrogens (tertiary/aromatic N) is 3. The first-order valence-corrected chi connectivity index (χ1v) is 5.24. The quantitative estimate of drug-likeness (QED) is 0.548. The van der Waals surface area contributed by atoms with Gasteiger partial charge in [-0.05, 0) is 19.8 Å². The monoisotopic (exact) mass is 235 g/mol. The summed E-state index contributed by atoms with van der Waals surface area (Å²) in [6, 6.07) is 0.687. The lowest BCUT2D eigenvalue weighted by atomic mass is 10.4. The van der Waals surface area contributed by atoms with E-state index in [2.05, 4.69) is 5.16 Å². The summed E-state index contributed by atoms with van der Waals surface area (Å²) < 4.78 is 4.79. The molecule has 1 aromatic heterocycles. The molecule has 1 saturated carbocycles. The molecule has 0 unspecified atom stereocenters. The van der Waals surface area contributed by atoms with Crippen molar-refractivity contribution < 1.29 is 18.9 Å². The van der Waals surface area contributed by atoms with Gasteiger partial charge in [-0.15, -0.1) is 0 Å². The van der Waals surface area contributed by atoms with Crippen molar-refractivity contribution >= 4 is 23.7 Å². The van der Waals surface area contributed by atoms with E-state index in [1.165, 1.54) is 6.07 Å². The maximum Gasteiger partial charge on any atom is 0.340 e. The number of carbonyl (C=O) groups is 3. The summed E-state index contributed by atoms with van der Waals surface area (Å²) in [6.07, 6.45) is 1.52. The van der Waals surface area contributed by atoms with Crippen LogP contribution in [0.4, 0.5) is 10.6 Å². The Morgan fingerprint density at radius 3 is 2.53 bits per heavy atom. The van der Waals surface area contributed by atoms with Crippen molar-refractivity contribution in [2.24, 2.45) is 0 Å². The lowest BCUT2D eigenvalue weighted by Crippen LogP contribution is -2.34. The maximum atomic E-state index is 11.9. The summed E-state index contributed by atoms with van der Waals surface area (Å²) in [5.74, 6) is -1.11. The number of aromatic nitrogens is 1. The number of aryl methyl sites for hydroxylation is 1. The van der Waals surface area contributed by atoms with Crippen molar-refractivity contribution in [1.29, 1.82) is 0 Å². The van der Waals surface area contributed by atoms with Crippen LogP contribution in [0.3, 0.4) is 0 Å². The van der Waals surface area contributed by atoms with Crippen LogP contribution in [0, 0.1) is 6.92 Å². The molecule has 2 aliphatic rings. The van der Waals surface area contributed by atoms with Crippen LogP contribution in [0.15, 0.2) is 10.6 Å². The van der Waals surface area contributed by atoms with Crippen molar-refractivity contribution in [2.45, 2.75) is 25.8 Å². The molecular formula is C10H9N3O4. The molecule has 2 fully saturated rings. The van der Waals surface area contributed by atoms with Crippen LogP contribution in [-0.2, 0) is 9.59 Å². The smallest absolute Gasteiger partial charge is 0.340 e. The van der Waals surface area contributed by atoms with E-state index in [-0.39, 0.29) is 11.9 Å². The molecule has 0 radical (unpaired) electrons. The van der Waals surface area contributed by atoms with Gasteiger partial charge in [0.1, 0.15) is 5.76 Å². The molecule has 4 amide bonds. The van der Waals surface area contributed by atoms with Gasteiger partial charge < -0.3 is 4.52 Å². The maximum absolute atomic E-state index is 11.9. The number of hydrogen-bond acceptors (Lipinski definition) is 5. The number of hydrogen-bond donors (Lipinski definition) is 0. The average Bonchev–Trinajstić information content (AvgIpc) is 2.97. The molecule has 7 nitrogen and oxygen atoms in total. The zero-order chi connectivity index (χ0) is 12.2. The van der Waals surface area contributed by atoms with E-state index in [0.717, 1.165) is 22.6 Å². The molecule has 3 rings (SSSR count). The molecule has 17 heavy (non-hydrogen) atoms. The normalized spacial score (nSPS) is 20.6. The van der Waals surface area contributed by atoms with Crippen LogP contribution >= 0.6 is 0 Å². The Morgan fingerprint density at radius 1 is 1.29 bits per heavy atom. The molecule has 2 heterocycles. The Kier molecular flexibility index (Phi) is 1.86. The number of urea groups is 1. The van der Waals surface area contributed by atoms with E-state index in [1.54, 1.807) is 6.92 Å². The molecular weight excluding hydrogens is 226 g/mol. The molecule has 1 aliphatic carbocycles. The SMILES string of the molecule is Cc1cc(N2C(=O)C(=O)N(C3CC3)C2=O)no1. The first-order valence-electron chi connectivity index (χ1n) is 5.24. The van der Waals surface area contributed by atoms with E-state index >= 15 is 0 Å². The molecule has 0 N–H and O–H groups in total. The molecule has 0 aromatic carbocycles. The summed E-state index contributed by atoms with van der Waals surface area (Å²) in [4.78, 5) is 37.1. The van der Waals surface area contributed by atoms with Crippen molar-refractivity contribution in [3.05, 3.63) is 11.8 Å². The van der Waals surface area contributed by atoms with Crippen molar-refractivity contribution in [3.63, 3.8) is 0 Å². The molecule has 0 spiro atoms. The lowest BCUT2D eigenvalue weighted by Gasteiger charge is -2.11. The van der Waals surface area contributed by atoms with E-state index < -0.39 is 17.8 Å². The lowest BCUT2D eigenvalue weighted by molar-refractivity contribution is -0.139. The van der Waals surface area contributed by atoms with Gasteiger partial charge in [-0.2, -0.15) is 0 Å². The zero-order valence-electron chi connectivity index (χ0n) is 9.04. The zero-order valence-corrected chi connectivity index (χ0v) is 9.04. The molecule has 0 atom stereocenters. The van der Waals surface area contributed by atoms with Crippen LogP contribution in [0.1, 0.15) is 18.6 Å². The van der Waals surface area contributed by atoms with Gasteiger partial charge in [0, 0.05) is 12.1 Å². The van der Waals surface area contributed by atoms with Gasteiger partial charge in [0.15, 0.2) is 5.82 Å². The minimum Gasteiger partial charge on any atom is -0.360 e. The van der Waals surface area contributed by atoms with Gasteiger partial charge in [0.2, 0.25) is 0 Å². The fourth-order valence-corrected chi connectivity index (χ4v) is 1.80. The highest BCUT2D eigenvalue weighted by molar-refractivity contribution is 6.52. The largest absolute Gasteiger partial charge is 0.360 e. The van der Waals surface area contributed by atoms with Gasteiger partial charge in [-0.25, -0.2) is 9.69 Å². The highest BCUT2D eigenvalue weighted by Crippen LogP contribution is 2.32. The van der Waals surface area contributed by atoms with E-state index in [1.807, 2.05) is 0 Å². The number of anilines is 1. The number of amides is 4. The first kappa shape index (κ1) is 10.0. The van der Waals surface area contributed by atoms with Crippen LogP contribution in [0.2, 0.25) is 0 Å². The molecule has 88 valence electrons. The van der Waals surface area contributed by atoms with Gasteiger partial charge >= 0.3 is 17.8 Å². The minimum absolute atomic E-state index is 0.0639. The Bertz CT molecular complexity index is 531. The van der Waals surface area contributed by atoms with Crippen molar-refractivity contribution in [2.75, 3.05) is 4.90 Å². The Labute approximate surface area is 95.9 Å². The summed E-state index contributed by atoms with van der Waals surface area (Å²) >= 11 is 0. The van der Waals surface area contributed by atoms with Crippen molar-refractivity contribution in [3.8, 4) is 0 Å². The second kappa shape index (κ2) is 3.16. The highest BCUT2D eigenvalue weighted by Gasteiger charge is 2.52. The number of carbonyl (C=O) groups excluding carboxylic acids is 3. The van der Waals surface area contributed by atoms with E-state index in [4.69, 9.17) is 4.52 Å². The fraction of sp³-hybridized carbons (Fsp3) is 0.400. The number of rotatable bonds is 2. The second-order valence-electron chi connectivity index (χ2n) is 4.13. The van der Waals surface area contributed by atoms with E-state index in [0.29, 0.717) is 5.76 Å². The topological polar surface area (TPSA) is 83.7 Å². The Balaban J connectivity index is 1.98. The summed E-state index contributed by atoms with van der Waals surface area (Å²) in [5, 5.41) is 3.58. The average molecular weight is 235 g/mol. The fourth-order valence-electron chi connectivity index (χ4n) is 1.80. The van der Waals surface area contributed by atoms with Crippen LogP contribution in [0.25, 0.3) is 0 Å². The van der Waals surface area contributed by atoms with Crippen molar-refractivity contribution in [1.82, 2.24) is 10.1 Å². The molecule has 1 aromatic rings. The van der Waals surface area contributed by atoms with Gasteiger partial charge in [-0.3, -0.25) is 14.5 Å². The number of imide groups is 2. The third-order valence-electron chi connectivity index (χ3n) is 2.76. The standard InChI is InChI=1S/C10H9N3O4/c1-5-4-7(11-17-5)13-9(15)8(14)12(10(13)16)6-2-3-6/h4,6H,2-3H2,1H3.